The van der Waals surface area contributed by atoms with Gasteiger partial charge in [-0.25, -0.2) is 9.97 Å². The lowest BCUT2D eigenvalue weighted by Crippen LogP contribution is -2.10. The number of nitrogen functional groups attached to an aromatic ring is 2. The first-order valence-electron chi connectivity index (χ1n) is 2.86. The Kier molecular flexibility index (Phi) is 0.945. The van der Waals surface area contributed by atoms with E-state index in [-0.39, 0.29) is 5.82 Å². The maximum atomic E-state index is 5.45. The van der Waals surface area contributed by atoms with Gasteiger partial charge in [-0.05, 0) is 5.21 Å². The van der Waals surface area contributed by atoms with Crippen LogP contribution >= 0.6 is 0 Å². The molecule has 0 aliphatic carbocycles. The first kappa shape index (κ1) is 5.83. The fourth-order valence-electron chi connectivity index (χ4n) is 0.781. The summed E-state index contributed by atoms with van der Waals surface area (Å²) in [5, 5.41) is 7.17. The average Bonchev–Trinajstić information content (AvgIpc) is 2.35. The summed E-state index contributed by atoms with van der Waals surface area (Å²) in [7, 11) is 0. The van der Waals surface area contributed by atoms with E-state index >= 15 is 0 Å². The smallest absolute Gasteiger partial charge is 0.206 e. The van der Waals surface area contributed by atoms with Crippen LogP contribution in [-0.2, 0) is 0 Å². The fourth-order valence-corrected chi connectivity index (χ4v) is 0.781. The minimum atomic E-state index is 0.284. The molecule has 0 aliphatic rings. The van der Waals surface area contributed by atoms with Crippen LogP contribution in [0.2, 0.25) is 0 Å². The quantitative estimate of drug-likeness (QED) is 0.444. The summed E-state index contributed by atoms with van der Waals surface area (Å²) < 4.78 is 0. The first-order chi connectivity index (χ1) is 5.29. The molecule has 0 saturated heterocycles. The molecule has 7 nitrogen and oxygen atoms in total. The molecule has 2 aromatic rings. The van der Waals surface area contributed by atoms with E-state index in [1.165, 1.54) is 6.33 Å². The van der Waals surface area contributed by atoms with Crippen molar-refractivity contribution in [1.29, 1.82) is 0 Å². The van der Waals surface area contributed by atoms with E-state index in [0.717, 1.165) is 4.79 Å². The number of anilines is 1. The number of nitrogens with two attached hydrogens (primary N) is 2. The third-order valence-electron chi connectivity index (χ3n) is 1.29. The minimum Gasteiger partial charge on any atom is -0.382 e. The number of nitrogens with zero attached hydrogens (tertiary/aromatic N) is 5. The van der Waals surface area contributed by atoms with Gasteiger partial charge in [0.2, 0.25) is 5.65 Å². The van der Waals surface area contributed by atoms with E-state index in [0.29, 0.717) is 11.2 Å². The zero-order valence-electron chi connectivity index (χ0n) is 5.47. The number of rotatable bonds is 0. The van der Waals surface area contributed by atoms with Crippen molar-refractivity contribution in [3.8, 4) is 0 Å². The summed E-state index contributed by atoms with van der Waals surface area (Å²) in [6.07, 6.45) is 1.31. The molecule has 4 N–H and O–H groups in total. The van der Waals surface area contributed by atoms with Crippen molar-refractivity contribution in [2.75, 3.05) is 11.6 Å². The van der Waals surface area contributed by atoms with E-state index in [1.807, 2.05) is 0 Å². The van der Waals surface area contributed by atoms with Crippen LogP contribution in [0.15, 0.2) is 6.33 Å². The highest BCUT2D eigenvalue weighted by atomic mass is 15.6. The maximum Gasteiger partial charge on any atom is 0.206 e. The van der Waals surface area contributed by atoms with Crippen molar-refractivity contribution in [2.45, 2.75) is 0 Å². The Bertz CT molecular complexity index is 390. The van der Waals surface area contributed by atoms with Gasteiger partial charge in [0.25, 0.3) is 0 Å². The summed E-state index contributed by atoms with van der Waals surface area (Å²) in [5.41, 5.74) is 6.30. The van der Waals surface area contributed by atoms with Crippen LogP contribution in [0.25, 0.3) is 11.2 Å². The van der Waals surface area contributed by atoms with Crippen molar-refractivity contribution in [2.24, 2.45) is 0 Å². The van der Waals surface area contributed by atoms with Crippen molar-refractivity contribution in [3.05, 3.63) is 6.33 Å². The van der Waals surface area contributed by atoms with Gasteiger partial charge >= 0.3 is 0 Å². The molecule has 0 radical (unpaired) electrons. The van der Waals surface area contributed by atoms with E-state index in [2.05, 4.69) is 20.3 Å². The van der Waals surface area contributed by atoms with Crippen molar-refractivity contribution >= 4 is 17.0 Å². The third kappa shape index (κ3) is 0.672. The summed E-state index contributed by atoms with van der Waals surface area (Å²) >= 11 is 0. The van der Waals surface area contributed by atoms with Gasteiger partial charge in [-0.3, -0.25) is 0 Å². The molecule has 0 saturated carbocycles. The van der Waals surface area contributed by atoms with Gasteiger partial charge in [-0.1, -0.05) is 0 Å². The van der Waals surface area contributed by atoms with Crippen LogP contribution in [0.3, 0.4) is 0 Å². The Morgan fingerprint density at radius 3 is 2.91 bits per heavy atom. The van der Waals surface area contributed by atoms with Gasteiger partial charge in [-0.15, -0.1) is 9.89 Å². The molecule has 7 heteroatoms. The van der Waals surface area contributed by atoms with Gasteiger partial charge < -0.3 is 11.6 Å². The molecule has 2 aromatic heterocycles. The normalized spacial score (nSPS) is 10.5. The molecule has 0 bridgehead atoms. The second-order valence-corrected chi connectivity index (χ2v) is 1.97. The largest absolute Gasteiger partial charge is 0.382 e. The molecule has 0 unspecified atom stereocenters. The van der Waals surface area contributed by atoms with Crippen LogP contribution in [0, 0.1) is 0 Å². The summed E-state index contributed by atoms with van der Waals surface area (Å²) in [4.78, 5) is 8.59. The lowest BCUT2D eigenvalue weighted by atomic mass is 10.5. The van der Waals surface area contributed by atoms with Crippen LogP contribution in [0.1, 0.15) is 0 Å². The molecule has 0 aliphatic heterocycles. The highest BCUT2D eigenvalue weighted by Crippen LogP contribution is 2.09. The van der Waals surface area contributed by atoms with E-state index in [9.17, 15) is 0 Å². The molecule has 56 valence electrons. The molecule has 11 heavy (non-hydrogen) atoms. The molecule has 2 heterocycles. The number of aromatic nitrogens is 5. The average molecular weight is 151 g/mol. The maximum absolute atomic E-state index is 5.45. The summed E-state index contributed by atoms with van der Waals surface area (Å²) in [5.74, 6) is 5.63. The lowest BCUT2D eigenvalue weighted by molar-refractivity contribution is 0.780. The van der Waals surface area contributed by atoms with E-state index in [4.69, 9.17) is 11.6 Å². The SMILES string of the molecule is Nc1ncnc2c1nnn2N. The first-order valence-corrected chi connectivity index (χ1v) is 2.86. The minimum absolute atomic E-state index is 0.284. The fraction of sp³-hybridized carbons (Fsp3) is 0. The van der Waals surface area contributed by atoms with Crippen LogP contribution in [0.5, 0.6) is 0 Å². The topological polar surface area (TPSA) is 109 Å². The highest BCUT2D eigenvalue weighted by molar-refractivity contribution is 5.80. The highest BCUT2D eigenvalue weighted by Gasteiger charge is 2.05. The Labute approximate surface area is 61.0 Å². The predicted octanol–water partition coefficient (Wildman–Crippen LogP) is -1.48. The predicted molar refractivity (Wildman–Crippen MR) is 37.7 cm³/mol. The van der Waals surface area contributed by atoms with Crippen LogP contribution in [0.4, 0.5) is 5.82 Å². The van der Waals surface area contributed by atoms with Crippen molar-refractivity contribution in [3.63, 3.8) is 0 Å². The van der Waals surface area contributed by atoms with Gasteiger partial charge in [-0.2, -0.15) is 0 Å². The van der Waals surface area contributed by atoms with Crippen LogP contribution in [-0.4, -0.2) is 25.1 Å². The Morgan fingerprint density at radius 2 is 2.18 bits per heavy atom. The van der Waals surface area contributed by atoms with Gasteiger partial charge in [0.05, 0.1) is 0 Å². The van der Waals surface area contributed by atoms with E-state index < -0.39 is 0 Å². The molecule has 2 rings (SSSR count). The Morgan fingerprint density at radius 1 is 1.36 bits per heavy atom. The molecule has 0 atom stereocenters. The second kappa shape index (κ2) is 1.78. The van der Waals surface area contributed by atoms with Crippen LogP contribution < -0.4 is 11.6 Å². The molecule has 0 fully saturated rings. The van der Waals surface area contributed by atoms with Gasteiger partial charge in [0.1, 0.15) is 6.33 Å². The molecule has 0 aromatic carbocycles. The van der Waals surface area contributed by atoms with Crippen molar-refractivity contribution in [1.82, 2.24) is 25.1 Å². The van der Waals surface area contributed by atoms with Gasteiger partial charge in [0, 0.05) is 0 Å². The monoisotopic (exact) mass is 151 g/mol. The second-order valence-electron chi connectivity index (χ2n) is 1.97. The Balaban J connectivity index is 2.94. The van der Waals surface area contributed by atoms with Crippen molar-refractivity contribution < 1.29 is 0 Å². The standard InChI is InChI=1S/C4H5N7/c5-3-2-4(8-1-7-3)11(6)10-9-2/h1H,6H2,(H2,5,7,8). The molecule has 0 amide bonds. The number of fused-ring (bicyclic) bond motifs is 1. The third-order valence-corrected chi connectivity index (χ3v) is 1.29. The molecular formula is C4H5N7. The summed E-state index contributed by atoms with van der Waals surface area (Å²) in [6, 6.07) is 0. The molecule has 0 spiro atoms. The molecular weight excluding hydrogens is 146 g/mol. The zero-order chi connectivity index (χ0) is 7.84. The number of hydrogen-bond acceptors (Lipinski definition) is 6. The zero-order valence-corrected chi connectivity index (χ0v) is 5.47. The number of hydrogen-bond donors (Lipinski definition) is 2. The lowest BCUT2D eigenvalue weighted by Gasteiger charge is -1.90. The summed E-state index contributed by atoms with van der Waals surface area (Å²) in [6.45, 7) is 0. The van der Waals surface area contributed by atoms with E-state index in [1.54, 1.807) is 0 Å². The Hall–Kier alpha value is -1.92. The van der Waals surface area contributed by atoms with Gasteiger partial charge in [0.15, 0.2) is 11.3 Å².